The van der Waals surface area contributed by atoms with Gasteiger partial charge in [-0.15, -0.1) is 0 Å². The van der Waals surface area contributed by atoms with Crippen molar-refractivity contribution in [2.24, 2.45) is 5.73 Å². The number of hydrogen-bond donors (Lipinski definition) is 4. The number of nitrogens with one attached hydrogen (secondary N) is 2. The highest BCUT2D eigenvalue weighted by molar-refractivity contribution is 6.04. The third-order valence-corrected chi connectivity index (χ3v) is 6.70. The normalized spacial score (nSPS) is 17.2. The molecule has 2 aliphatic rings. The topological polar surface area (TPSA) is 135 Å². The molecule has 10 nitrogen and oxygen atoms in total. The Morgan fingerprint density at radius 2 is 1.69 bits per heavy atom. The molecule has 4 rings (SSSR count). The Kier molecular flexibility index (Phi) is 8.49. The van der Waals surface area contributed by atoms with Crippen LogP contribution in [0.15, 0.2) is 24.3 Å². The molecule has 188 valence electrons. The summed E-state index contributed by atoms with van der Waals surface area (Å²) in [6, 6.07) is 8.06. The lowest BCUT2D eigenvalue weighted by atomic mass is 10.2. The maximum atomic E-state index is 12.2. The number of aliphatic hydroxyl groups is 1. The predicted octanol–water partition coefficient (Wildman–Crippen LogP) is 2.20. The van der Waals surface area contributed by atoms with Crippen LogP contribution in [0.5, 0.6) is 0 Å². The number of amides is 1. The first-order chi connectivity index (χ1) is 17.1. The van der Waals surface area contributed by atoms with Crippen LogP contribution >= 0.6 is 0 Å². The van der Waals surface area contributed by atoms with E-state index in [1.165, 1.54) is 12.8 Å². The SMILES string of the molecule is N=Cc1nc(N2CCCCCC2)nc(Nc2ccc(N3CCN(CCCO)CC3)cc2)c1C(N)=O. The highest BCUT2D eigenvalue weighted by atomic mass is 16.3. The molecule has 10 heteroatoms. The van der Waals surface area contributed by atoms with Gasteiger partial charge in [-0.1, -0.05) is 12.8 Å². The van der Waals surface area contributed by atoms with Crippen LogP contribution in [0.3, 0.4) is 0 Å². The minimum Gasteiger partial charge on any atom is -0.396 e. The van der Waals surface area contributed by atoms with Crippen molar-refractivity contribution in [1.82, 2.24) is 14.9 Å². The Labute approximate surface area is 206 Å². The summed E-state index contributed by atoms with van der Waals surface area (Å²) in [4.78, 5) is 28.3. The average molecular weight is 481 g/mol. The number of carbonyl (C=O) groups is 1. The van der Waals surface area contributed by atoms with Gasteiger partial charge in [-0.2, -0.15) is 4.98 Å². The Morgan fingerprint density at radius 1 is 1.00 bits per heavy atom. The van der Waals surface area contributed by atoms with Gasteiger partial charge >= 0.3 is 0 Å². The third kappa shape index (κ3) is 6.26. The molecule has 3 heterocycles. The summed E-state index contributed by atoms with van der Waals surface area (Å²) < 4.78 is 0. The zero-order valence-electron chi connectivity index (χ0n) is 20.2. The number of aromatic nitrogens is 2. The Morgan fingerprint density at radius 3 is 2.29 bits per heavy atom. The molecular formula is C25H36N8O2. The zero-order chi connectivity index (χ0) is 24.6. The Balaban J connectivity index is 1.51. The number of carbonyl (C=O) groups excluding carboxylic acids is 1. The number of primary amides is 1. The lowest BCUT2D eigenvalue weighted by Gasteiger charge is -2.36. The number of benzene rings is 1. The number of hydrogen-bond acceptors (Lipinski definition) is 9. The van der Waals surface area contributed by atoms with Crippen LogP contribution in [0.4, 0.5) is 23.1 Å². The summed E-state index contributed by atoms with van der Waals surface area (Å²) in [6.45, 7) is 6.73. The summed E-state index contributed by atoms with van der Waals surface area (Å²) in [5.74, 6) is 0.188. The van der Waals surface area contributed by atoms with Gasteiger partial charge in [-0.25, -0.2) is 4.98 Å². The van der Waals surface area contributed by atoms with E-state index >= 15 is 0 Å². The van der Waals surface area contributed by atoms with Crippen LogP contribution in [0.25, 0.3) is 0 Å². The lowest BCUT2D eigenvalue weighted by Crippen LogP contribution is -2.46. The third-order valence-electron chi connectivity index (χ3n) is 6.70. The van der Waals surface area contributed by atoms with E-state index in [1.807, 2.05) is 12.1 Å². The molecule has 0 bridgehead atoms. The number of rotatable bonds is 9. The molecule has 0 spiro atoms. The summed E-state index contributed by atoms with van der Waals surface area (Å²) in [5.41, 5.74) is 7.94. The Bertz CT molecular complexity index is 997. The van der Waals surface area contributed by atoms with Crippen LogP contribution in [0.1, 0.15) is 48.2 Å². The van der Waals surface area contributed by atoms with Crippen LogP contribution in [-0.4, -0.2) is 84.5 Å². The molecule has 2 saturated heterocycles. The molecule has 0 saturated carbocycles. The fourth-order valence-electron chi connectivity index (χ4n) is 4.73. The minimum absolute atomic E-state index is 0.127. The number of aliphatic hydroxyl groups excluding tert-OH is 1. The van der Waals surface area contributed by atoms with Gasteiger partial charge in [0.05, 0.1) is 0 Å². The van der Waals surface area contributed by atoms with E-state index in [0.717, 1.165) is 82.7 Å². The molecule has 2 fully saturated rings. The molecule has 1 amide bonds. The van der Waals surface area contributed by atoms with Gasteiger partial charge in [-0.05, 0) is 43.5 Å². The van der Waals surface area contributed by atoms with Crippen LogP contribution in [0.2, 0.25) is 0 Å². The average Bonchev–Trinajstić information content (AvgIpc) is 3.17. The molecular weight excluding hydrogens is 444 g/mol. The fraction of sp³-hybridized carbons (Fsp3) is 0.520. The first-order valence-electron chi connectivity index (χ1n) is 12.5. The summed E-state index contributed by atoms with van der Waals surface area (Å²) in [7, 11) is 0. The standard InChI is InChI=1S/C25H36N8O2/c26-18-21-22(23(27)35)24(30-25(29-21)33-11-3-1-2-4-12-33)28-19-6-8-20(9-7-19)32-15-13-31(14-16-32)10-5-17-34/h6-9,18,26,34H,1-5,10-17H2,(H2,27,35)(H,28,29,30). The van der Waals surface area contributed by atoms with E-state index in [-0.39, 0.29) is 17.9 Å². The first kappa shape index (κ1) is 24.9. The molecule has 0 unspecified atom stereocenters. The summed E-state index contributed by atoms with van der Waals surface area (Å²) in [6.07, 6.45) is 6.39. The highest BCUT2D eigenvalue weighted by Gasteiger charge is 2.22. The van der Waals surface area contributed by atoms with Crippen LogP contribution < -0.4 is 20.9 Å². The number of nitrogens with zero attached hydrogens (tertiary/aromatic N) is 5. The molecule has 1 aromatic heterocycles. The monoisotopic (exact) mass is 480 g/mol. The second kappa shape index (κ2) is 11.9. The number of nitrogens with two attached hydrogens (primary N) is 1. The van der Waals surface area contributed by atoms with Crippen molar-refractivity contribution < 1.29 is 9.90 Å². The molecule has 0 aliphatic carbocycles. The maximum absolute atomic E-state index is 12.2. The minimum atomic E-state index is -0.663. The molecule has 0 atom stereocenters. The van der Waals surface area contributed by atoms with E-state index in [9.17, 15) is 4.79 Å². The zero-order valence-corrected chi connectivity index (χ0v) is 20.2. The molecule has 5 N–H and O–H groups in total. The predicted molar refractivity (Wildman–Crippen MR) is 139 cm³/mol. The Hall–Kier alpha value is -3.24. The number of piperazine rings is 1. The second-order valence-corrected chi connectivity index (χ2v) is 9.12. The van der Waals surface area contributed by atoms with Gasteiger partial charge in [0.2, 0.25) is 5.95 Å². The highest BCUT2D eigenvalue weighted by Crippen LogP contribution is 2.27. The summed E-state index contributed by atoms with van der Waals surface area (Å²) in [5, 5.41) is 20.1. The van der Waals surface area contributed by atoms with Crippen molar-refractivity contribution in [3.8, 4) is 0 Å². The van der Waals surface area contributed by atoms with Crippen molar-refractivity contribution in [3.05, 3.63) is 35.5 Å². The van der Waals surface area contributed by atoms with Gasteiger partial charge in [0.15, 0.2) is 0 Å². The van der Waals surface area contributed by atoms with E-state index < -0.39 is 5.91 Å². The molecule has 0 radical (unpaired) electrons. The maximum Gasteiger partial charge on any atom is 0.254 e. The van der Waals surface area contributed by atoms with Gasteiger partial charge in [-0.3, -0.25) is 9.69 Å². The van der Waals surface area contributed by atoms with E-state index in [0.29, 0.717) is 11.8 Å². The van der Waals surface area contributed by atoms with Crippen molar-refractivity contribution in [2.45, 2.75) is 32.1 Å². The van der Waals surface area contributed by atoms with E-state index in [2.05, 4.69) is 42.1 Å². The molecule has 2 aliphatic heterocycles. The summed E-state index contributed by atoms with van der Waals surface area (Å²) >= 11 is 0. The molecule has 2 aromatic rings. The lowest BCUT2D eigenvalue weighted by molar-refractivity contribution is 0.100. The van der Waals surface area contributed by atoms with Gasteiger partial charge in [0, 0.05) is 70.0 Å². The van der Waals surface area contributed by atoms with Gasteiger partial charge in [0.25, 0.3) is 5.91 Å². The van der Waals surface area contributed by atoms with Crippen LogP contribution in [-0.2, 0) is 0 Å². The fourth-order valence-corrected chi connectivity index (χ4v) is 4.73. The van der Waals surface area contributed by atoms with Crippen molar-refractivity contribution in [1.29, 1.82) is 5.41 Å². The molecule has 1 aromatic carbocycles. The number of anilines is 4. The quantitative estimate of drug-likeness (QED) is 0.401. The first-order valence-corrected chi connectivity index (χ1v) is 12.5. The van der Waals surface area contributed by atoms with Crippen LogP contribution in [0, 0.1) is 5.41 Å². The van der Waals surface area contributed by atoms with Crippen molar-refractivity contribution >= 4 is 35.3 Å². The van der Waals surface area contributed by atoms with E-state index in [4.69, 9.17) is 16.2 Å². The largest absolute Gasteiger partial charge is 0.396 e. The van der Waals surface area contributed by atoms with Crippen molar-refractivity contribution in [2.75, 3.05) is 67.5 Å². The smallest absolute Gasteiger partial charge is 0.254 e. The van der Waals surface area contributed by atoms with Crippen molar-refractivity contribution in [3.63, 3.8) is 0 Å². The van der Waals surface area contributed by atoms with Gasteiger partial charge < -0.3 is 31.4 Å². The van der Waals surface area contributed by atoms with E-state index in [1.54, 1.807) is 0 Å². The van der Waals surface area contributed by atoms with Gasteiger partial charge in [0.1, 0.15) is 17.1 Å². The molecule has 35 heavy (non-hydrogen) atoms. The second-order valence-electron chi connectivity index (χ2n) is 9.12.